The second-order valence-electron chi connectivity index (χ2n) is 3.64. The van der Waals surface area contributed by atoms with Crippen LogP contribution in [0.15, 0.2) is 18.2 Å². The second-order valence-corrected chi connectivity index (χ2v) is 4.05. The SMILES string of the molecule is CCC(COc1ccc(C)cc1Cl)NC. The summed E-state index contributed by atoms with van der Waals surface area (Å²) in [5.41, 5.74) is 1.15. The van der Waals surface area contributed by atoms with Gasteiger partial charge in [-0.2, -0.15) is 0 Å². The van der Waals surface area contributed by atoms with Crippen molar-refractivity contribution in [3.63, 3.8) is 0 Å². The molecule has 15 heavy (non-hydrogen) atoms. The largest absolute Gasteiger partial charge is 0.490 e. The summed E-state index contributed by atoms with van der Waals surface area (Å²) in [5, 5.41) is 3.87. The van der Waals surface area contributed by atoms with Gasteiger partial charge in [-0.3, -0.25) is 0 Å². The first-order chi connectivity index (χ1) is 7.17. The van der Waals surface area contributed by atoms with Crippen molar-refractivity contribution in [2.75, 3.05) is 13.7 Å². The van der Waals surface area contributed by atoms with Crippen LogP contribution in [0.4, 0.5) is 0 Å². The van der Waals surface area contributed by atoms with E-state index in [2.05, 4.69) is 12.2 Å². The zero-order chi connectivity index (χ0) is 11.3. The van der Waals surface area contributed by atoms with E-state index in [1.54, 1.807) is 0 Å². The van der Waals surface area contributed by atoms with Crippen molar-refractivity contribution in [3.05, 3.63) is 28.8 Å². The van der Waals surface area contributed by atoms with Gasteiger partial charge in [-0.1, -0.05) is 24.6 Å². The molecule has 0 aliphatic rings. The minimum absolute atomic E-state index is 0.377. The van der Waals surface area contributed by atoms with Gasteiger partial charge in [0.25, 0.3) is 0 Å². The highest BCUT2D eigenvalue weighted by atomic mass is 35.5. The van der Waals surface area contributed by atoms with Crippen molar-refractivity contribution in [1.82, 2.24) is 5.32 Å². The van der Waals surface area contributed by atoms with E-state index in [1.807, 2.05) is 32.2 Å². The third-order valence-electron chi connectivity index (χ3n) is 2.43. The Morgan fingerprint density at radius 1 is 1.47 bits per heavy atom. The molecule has 1 N–H and O–H groups in total. The van der Waals surface area contributed by atoms with Gasteiger partial charge in [0.15, 0.2) is 0 Å². The number of benzene rings is 1. The summed E-state index contributed by atoms with van der Waals surface area (Å²) in [6.07, 6.45) is 1.04. The lowest BCUT2D eigenvalue weighted by Crippen LogP contribution is -2.30. The first kappa shape index (κ1) is 12.3. The number of aryl methyl sites for hydroxylation is 1. The standard InChI is InChI=1S/C12H18ClNO/c1-4-10(14-3)8-15-12-6-5-9(2)7-11(12)13/h5-7,10,14H,4,8H2,1-3H3. The molecule has 1 atom stereocenters. The quantitative estimate of drug-likeness (QED) is 0.835. The molecule has 2 nitrogen and oxygen atoms in total. The normalized spacial score (nSPS) is 12.5. The molecule has 0 amide bonds. The molecule has 0 fully saturated rings. The molecule has 0 heterocycles. The van der Waals surface area contributed by atoms with Crippen LogP contribution >= 0.6 is 11.6 Å². The molecule has 1 unspecified atom stereocenters. The van der Waals surface area contributed by atoms with Gasteiger partial charge in [0, 0.05) is 6.04 Å². The predicted molar refractivity (Wildman–Crippen MR) is 64.8 cm³/mol. The van der Waals surface area contributed by atoms with E-state index in [9.17, 15) is 0 Å². The number of hydrogen-bond donors (Lipinski definition) is 1. The summed E-state index contributed by atoms with van der Waals surface area (Å²) in [6.45, 7) is 4.79. The van der Waals surface area contributed by atoms with E-state index < -0.39 is 0 Å². The van der Waals surface area contributed by atoms with Crippen molar-refractivity contribution in [3.8, 4) is 5.75 Å². The molecule has 1 aromatic rings. The maximum atomic E-state index is 6.05. The van der Waals surface area contributed by atoms with E-state index in [1.165, 1.54) is 0 Å². The highest BCUT2D eigenvalue weighted by Crippen LogP contribution is 2.25. The van der Waals surface area contributed by atoms with Gasteiger partial charge in [-0.25, -0.2) is 0 Å². The van der Waals surface area contributed by atoms with E-state index >= 15 is 0 Å². The van der Waals surface area contributed by atoms with Crippen LogP contribution in [-0.4, -0.2) is 19.7 Å². The van der Waals surface area contributed by atoms with Crippen LogP contribution in [0.5, 0.6) is 5.75 Å². The second kappa shape index (κ2) is 5.99. The Morgan fingerprint density at radius 2 is 2.20 bits per heavy atom. The van der Waals surface area contributed by atoms with Crippen molar-refractivity contribution < 1.29 is 4.74 Å². The first-order valence-electron chi connectivity index (χ1n) is 5.23. The highest BCUT2D eigenvalue weighted by molar-refractivity contribution is 6.32. The van der Waals surface area contributed by atoms with E-state index in [0.717, 1.165) is 17.7 Å². The smallest absolute Gasteiger partial charge is 0.137 e. The summed E-state index contributed by atoms with van der Waals surface area (Å²) < 4.78 is 5.64. The van der Waals surface area contributed by atoms with Crippen LogP contribution in [-0.2, 0) is 0 Å². The summed E-state index contributed by atoms with van der Waals surface area (Å²) in [5.74, 6) is 0.760. The van der Waals surface area contributed by atoms with Gasteiger partial charge in [0.1, 0.15) is 12.4 Å². The van der Waals surface area contributed by atoms with Crippen molar-refractivity contribution in [1.29, 1.82) is 0 Å². The average Bonchev–Trinajstić information content (AvgIpc) is 2.22. The van der Waals surface area contributed by atoms with E-state index in [-0.39, 0.29) is 0 Å². The van der Waals surface area contributed by atoms with Gasteiger partial charge < -0.3 is 10.1 Å². The molecule has 3 heteroatoms. The molecule has 0 saturated carbocycles. The van der Waals surface area contributed by atoms with Gasteiger partial charge in [0.2, 0.25) is 0 Å². The minimum Gasteiger partial charge on any atom is -0.490 e. The molecule has 1 aromatic carbocycles. The maximum absolute atomic E-state index is 6.05. The van der Waals surface area contributed by atoms with Crippen LogP contribution in [0, 0.1) is 6.92 Å². The first-order valence-corrected chi connectivity index (χ1v) is 5.61. The molecular weight excluding hydrogens is 210 g/mol. The minimum atomic E-state index is 0.377. The molecule has 0 spiro atoms. The van der Waals surface area contributed by atoms with Crippen LogP contribution in [0.2, 0.25) is 5.02 Å². The van der Waals surface area contributed by atoms with Gasteiger partial charge in [-0.15, -0.1) is 0 Å². The number of likely N-dealkylation sites (N-methyl/N-ethyl adjacent to an activating group) is 1. The van der Waals surface area contributed by atoms with Crippen LogP contribution in [0.25, 0.3) is 0 Å². The van der Waals surface area contributed by atoms with Gasteiger partial charge in [-0.05, 0) is 38.1 Å². The summed E-state index contributed by atoms with van der Waals surface area (Å²) >= 11 is 6.05. The number of rotatable bonds is 5. The summed E-state index contributed by atoms with van der Waals surface area (Å²) in [4.78, 5) is 0. The molecule has 0 aliphatic carbocycles. The molecule has 84 valence electrons. The third-order valence-corrected chi connectivity index (χ3v) is 2.72. The Morgan fingerprint density at radius 3 is 2.73 bits per heavy atom. The Labute approximate surface area is 96.6 Å². The molecule has 0 aromatic heterocycles. The Kier molecular flexibility index (Phi) is 4.92. The molecule has 1 rings (SSSR count). The van der Waals surface area contributed by atoms with E-state index in [4.69, 9.17) is 16.3 Å². The predicted octanol–water partition coefficient (Wildman–Crippen LogP) is 3.03. The fourth-order valence-electron chi connectivity index (χ4n) is 1.32. The zero-order valence-corrected chi connectivity index (χ0v) is 10.3. The average molecular weight is 228 g/mol. The zero-order valence-electron chi connectivity index (χ0n) is 9.51. The fourth-order valence-corrected chi connectivity index (χ4v) is 1.61. The van der Waals surface area contributed by atoms with Crippen LogP contribution in [0.3, 0.4) is 0 Å². The summed E-state index contributed by atoms with van der Waals surface area (Å²) in [7, 11) is 1.94. The van der Waals surface area contributed by atoms with Gasteiger partial charge >= 0.3 is 0 Å². The molecule has 0 bridgehead atoms. The number of nitrogens with one attached hydrogen (secondary N) is 1. The lowest BCUT2D eigenvalue weighted by molar-refractivity contribution is 0.267. The van der Waals surface area contributed by atoms with Gasteiger partial charge in [0.05, 0.1) is 5.02 Å². The topological polar surface area (TPSA) is 21.3 Å². The van der Waals surface area contributed by atoms with Crippen molar-refractivity contribution in [2.45, 2.75) is 26.3 Å². The number of ether oxygens (including phenoxy) is 1. The Bertz CT molecular complexity index is 310. The monoisotopic (exact) mass is 227 g/mol. The molecule has 0 aliphatic heterocycles. The Balaban J connectivity index is 2.57. The van der Waals surface area contributed by atoms with Crippen LogP contribution in [0.1, 0.15) is 18.9 Å². The molecule has 0 radical (unpaired) electrons. The highest BCUT2D eigenvalue weighted by Gasteiger charge is 2.06. The lowest BCUT2D eigenvalue weighted by atomic mass is 10.2. The maximum Gasteiger partial charge on any atom is 0.137 e. The van der Waals surface area contributed by atoms with Crippen molar-refractivity contribution >= 4 is 11.6 Å². The Hall–Kier alpha value is -0.730. The fraction of sp³-hybridized carbons (Fsp3) is 0.500. The molecular formula is C12H18ClNO. The summed E-state index contributed by atoms with van der Waals surface area (Å²) in [6, 6.07) is 6.21. The lowest BCUT2D eigenvalue weighted by Gasteiger charge is -2.15. The van der Waals surface area contributed by atoms with Crippen LogP contribution < -0.4 is 10.1 Å². The number of hydrogen-bond acceptors (Lipinski definition) is 2. The third kappa shape index (κ3) is 3.73. The molecule has 0 saturated heterocycles. The van der Waals surface area contributed by atoms with E-state index in [0.29, 0.717) is 17.7 Å². The van der Waals surface area contributed by atoms with Crippen molar-refractivity contribution in [2.24, 2.45) is 0 Å². The number of halogens is 1.